The first-order chi connectivity index (χ1) is 4.48. The van der Waals surface area contributed by atoms with Crippen molar-refractivity contribution in [2.75, 3.05) is 12.0 Å². The van der Waals surface area contributed by atoms with E-state index < -0.39 is 12.3 Å². The fourth-order valence-electron chi connectivity index (χ4n) is 0.393. The van der Waals surface area contributed by atoms with Gasteiger partial charge in [0.05, 0.1) is 0 Å². The highest BCUT2D eigenvalue weighted by Crippen LogP contribution is 2.22. The number of hydrogen-bond acceptors (Lipinski definition) is 2. The van der Waals surface area contributed by atoms with Gasteiger partial charge < -0.3 is 5.11 Å². The largest absolute Gasteiger partial charge is 0.414 e. The summed E-state index contributed by atoms with van der Waals surface area (Å²) in [5.41, 5.74) is 0. The average Bonchev–Trinajstić information content (AvgIpc) is 1.80. The molecule has 0 aliphatic heterocycles. The van der Waals surface area contributed by atoms with E-state index >= 15 is 0 Å². The SMILES string of the molecule is CSCC[C@H](O)C(F)(F)F. The van der Waals surface area contributed by atoms with Gasteiger partial charge in [0.2, 0.25) is 0 Å². The summed E-state index contributed by atoms with van der Waals surface area (Å²) in [6.45, 7) is 0. The van der Waals surface area contributed by atoms with E-state index in [2.05, 4.69) is 0 Å². The minimum Gasteiger partial charge on any atom is -0.384 e. The van der Waals surface area contributed by atoms with Crippen LogP contribution in [-0.4, -0.2) is 29.4 Å². The number of hydrogen-bond donors (Lipinski definition) is 1. The Morgan fingerprint density at radius 3 is 2.30 bits per heavy atom. The van der Waals surface area contributed by atoms with Crippen LogP contribution in [-0.2, 0) is 0 Å². The lowest BCUT2D eigenvalue weighted by Gasteiger charge is -2.12. The molecule has 0 radical (unpaired) electrons. The van der Waals surface area contributed by atoms with Crippen LogP contribution >= 0.6 is 11.8 Å². The third-order valence-electron chi connectivity index (χ3n) is 0.973. The Kier molecular flexibility index (Phi) is 4.12. The molecule has 0 saturated heterocycles. The van der Waals surface area contributed by atoms with Crippen LogP contribution in [0.15, 0.2) is 0 Å². The van der Waals surface area contributed by atoms with Crippen LogP contribution in [0.25, 0.3) is 0 Å². The maximum Gasteiger partial charge on any atom is 0.414 e. The summed E-state index contributed by atoms with van der Waals surface area (Å²) >= 11 is 1.29. The zero-order valence-electron chi connectivity index (χ0n) is 5.48. The molecule has 0 spiro atoms. The van der Waals surface area contributed by atoms with E-state index in [-0.39, 0.29) is 6.42 Å². The van der Waals surface area contributed by atoms with Gasteiger partial charge >= 0.3 is 6.18 Å². The zero-order chi connectivity index (χ0) is 8.20. The van der Waals surface area contributed by atoms with Crippen LogP contribution in [0.1, 0.15) is 6.42 Å². The molecule has 0 aliphatic rings. The number of alkyl halides is 3. The number of aliphatic hydroxyl groups excluding tert-OH is 1. The Morgan fingerprint density at radius 2 is 2.00 bits per heavy atom. The van der Waals surface area contributed by atoms with E-state index in [1.54, 1.807) is 6.26 Å². The summed E-state index contributed by atoms with van der Waals surface area (Å²) in [7, 11) is 0. The Hall–Kier alpha value is 0.100. The van der Waals surface area contributed by atoms with Crippen LogP contribution in [0, 0.1) is 0 Å². The number of thioether (sulfide) groups is 1. The third kappa shape index (κ3) is 4.00. The van der Waals surface area contributed by atoms with E-state index in [4.69, 9.17) is 5.11 Å². The predicted octanol–water partition coefficient (Wildman–Crippen LogP) is 1.66. The number of rotatable bonds is 3. The summed E-state index contributed by atoms with van der Waals surface area (Å²) in [6, 6.07) is 0. The van der Waals surface area contributed by atoms with Gasteiger partial charge in [0.25, 0.3) is 0 Å². The highest BCUT2D eigenvalue weighted by atomic mass is 32.2. The third-order valence-corrected chi connectivity index (χ3v) is 1.62. The molecule has 1 nitrogen and oxygen atoms in total. The molecule has 0 heterocycles. The quantitative estimate of drug-likeness (QED) is 0.702. The molecule has 0 aliphatic carbocycles. The molecule has 0 saturated carbocycles. The fourth-order valence-corrected chi connectivity index (χ4v) is 0.852. The van der Waals surface area contributed by atoms with Gasteiger partial charge in [0.1, 0.15) is 0 Å². The van der Waals surface area contributed by atoms with Crippen molar-refractivity contribution in [1.82, 2.24) is 0 Å². The van der Waals surface area contributed by atoms with Crippen LogP contribution in [0.5, 0.6) is 0 Å². The smallest absolute Gasteiger partial charge is 0.384 e. The molecule has 1 N–H and O–H groups in total. The average molecular weight is 174 g/mol. The van der Waals surface area contributed by atoms with Crippen molar-refractivity contribution in [1.29, 1.82) is 0 Å². The van der Waals surface area contributed by atoms with Gasteiger partial charge in [-0.15, -0.1) is 0 Å². The fraction of sp³-hybridized carbons (Fsp3) is 1.00. The molecule has 0 amide bonds. The Morgan fingerprint density at radius 1 is 1.50 bits per heavy atom. The lowest BCUT2D eigenvalue weighted by atomic mass is 10.3. The van der Waals surface area contributed by atoms with Crippen LogP contribution in [0.2, 0.25) is 0 Å². The van der Waals surface area contributed by atoms with Gasteiger partial charge in [-0.3, -0.25) is 0 Å². The summed E-state index contributed by atoms with van der Waals surface area (Å²) < 4.78 is 34.5. The highest BCUT2D eigenvalue weighted by Gasteiger charge is 2.37. The van der Waals surface area contributed by atoms with Crippen molar-refractivity contribution in [2.45, 2.75) is 18.7 Å². The van der Waals surface area contributed by atoms with Gasteiger partial charge in [-0.25, -0.2) is 0 Å². The highest BCUT2D eigenvalue weighted by molar-refractivity contribution is 7.98. The van der Waals surface area contributed by atoms with Crippen molar-refractivity contribution < 1.29 is 18.3 Å². The number of aliphatic hydroxyl groups is 1. The summed E-state index contributed by atoms with van der Waals surface area (Å²) in [5.74, 6) is 0.334. The van der Waals surface area contributed by atoms with Crippen LogP contribution in [0.3, 0.4) is 0 Å². The first kappa shape index (κ1) is 10.1. The number of halogens is 3. The van der Waals surface area contributed by atoms with E-state index in [1.165, 1.54) is 11.8 Å². The molecule has 0 aromatic carbocycles. The maximum absolute atomic E-state index is 11.5. The normalized spacial score (nSPS) is 15.3. The van der Waals surface area contributed by atoms with Crippen LogP contribution in [0.4, 0.5) is 13.2 Å². The molecule has 0 aromatic rings. The molecule has 0 unspecified atom stereocenters. The summed E-state index contributed by atoms with van der Waals surface area (Å²) in [5, 5.41) is 8.38. The minimum atomic E-state index is -4.45. The topological polar surface area (TPSA) is 20.2 Å². The van der Waals surface area contributed by atoms with E-state index in [0.717, 1.165) is 0 Å². The Bertz CT molecular complexity index is 93.4. The maximum atomic E-state index is 11.5. The second-order valence-corrected chi connectivity index (χ2v) is 2.82. The first-order valence-electron chi connectivity index (χ1n) is 2.72. The standard InChI is InChI=1S/C5H9F3OS/c1-10-3-2-4(9)5(6,7)8/h4,9H,2-3H2,1H3/t4-/m0/s1. The van der Waals surface area contributed by atoms with Gasteiger partial charge in [0, 0.05) is 0 Å². The van der Waals surface area contributed by atoms with Gasteiger partial charge in [-0.2, -0.15) is 24.9 Å². The molecule has 0 aromatic heterocycles. The molecular formula is C5H9F3OS. The Labute approximate surface area is 61.6 Å². The summed E-state index contributed by atoms with van der Waals surface area (Å²) in [6.07, 6.45) is -5.12. The van der Waals surface area contributed by atoms with E-state index in [9.17, 15) is 13.2 Å². The molecular weight excluding hydrogens is 165 g/mol. The minimum absolute atomic E-state index is 0.218. The lowest BCUT2D eigenvalue weighted by Crippen LogP contribution is -2.28. The van der Waals surface area contributed by atoms with Crippen LogP contribution < -0.4 is 0 Å². The van der Waals surface area contributed by atoms with Crippen molar-refractivity contribution >= 4 is 11.8 Å². The second-order valence-electron chi connectivity index (χ2n) is 1.84. The molecule has 1 atom stereocenters. The van der Waals surface area contributed by atoms with Gasteiger partial charge in [0.15, 0.2) is 6.10 Å². The summed E-state index contributed by atoms with van der Waals surface area (Å²) in [4.78, 5) is 0. The lowest BCUT2D eigenvalue weighted by molar-refractivity contribution is -0.203. The second kappa shape index (κ2) is 4.08. The van der Waals surface area contributed by atoms with Gasteiger partial charge in [-0.05, 0) is 18.4 Å². The van der Waals surface area contributed by atoms with Crippen molar-refractivity contribution in [2.24, 2.45) is 0 Å². The van der Waals surface area contributed by atoms with E-state index in [1.807, 2.05) is 0 Å². The van der Waals surface area contributed by atoms with E-state index in [0.29, 0.717) is 5.75 Å². The zero-order valence-corrected chi connectivity index (χ0v) is 6.30. The van der Waals surface area contributed by atoms with Crippen molar-refractivity contribution in [3.8, 4) is 0 Å². The first-order valence-corrected chi connectivity index (χ1v) is 4.11. The van der Waals surface area contributed by atoms with Crippen molar-refractivity contribution in [3.63, 3.8) is 0 Å². The molecule has 0 fully saturated rings. The molecule has 10 heavy (non-hydrogen) atoms. The van der Waals surface area contributed by atoms with Crippen molar-refractivity contribution in [3.05, 3.63) is 0 Å². The molecule has 62 valence electrons. The van der Waals surface area contributed by atoms with Gasteiger partial charge in [-0.1, -0.05) is 0 Å². The molecule has 5 heteroatoms. The predicted molar refractivity (Wildman–Crippen MR) is 35.1 cm³/mol. The monoisotopic (exact) mass is 174 g/mol. The Balaban J connectivity index is 3.52. The molecule has 0 bridgehead atoms. The molecule has 0 rings (SSSR count).